The molecule has 2 N–H and O–H groups in total. The molecule has 2 unspecified atom stereocenters. The Morgan fingerprint density at radius 2 is 1.26 bits per heavy atom. The molecule has 0 aliphatic carbocycles. The molecule has 4 aromatic rings. The van der Waals surface area contributed by atoms with E-state index in [9.17, 15) is 10.2 Å². The highest BCUT2D eigenvalue weighted by Crippen LogP contribution is 2.36. The van der Waals surface area contributed by atoms with Gasteiger partial charge in [0.05, 0.1) is 5.02 Å². The van der Waals surface area contributed by atoms with Crippen LogP contribution in [0.2, 0.25) is 5.02 Å². The molecule has 0 bridgehead atoms. The molecule has 4 rings (SSSR count). The van der Waals surface area contributed by atoms with E-state index >= 15 is 0 Å². The summed E-state index contributed by atoms with van der Waals surface area (Å²) < 4.78 is 11.7. The maximum atomic E-state index is 10.4. The Bertz CT molecular complexity index is 1130. The molecular formula is C26H23ClO4. The molecule has 4 nitrogen and oxygen atoms in total. The van der Waals surface area contributed by atoms with Gasteiger partial charge in [0.2, 0.25) is 0 Å². The second-order valence-electron chi connectivity index (χ2n) is 7.23. The van der Waals surface area contributed by atoms with Crippen LogP contribution in [0.1, 0.15) is 23.3 Å². The zero-order valence-corrected chi connectivity index (χ0v) is 17.6. The quantitative estimate of drug-likeness (QED) is 0.372. The van der Waals surface area contributed by atoms with Gasteiger partial charge in [-0.15, -0.1) is 0 Å². The highest BCUT2D eigenvalue weighted by atomic mass is 35.5. The van der Waals surface area contributed by atoms with E-state index in [-0.39, 0.29) is 13.2 Å². The van der Waals surface area contributed by atoms with E-state index in [1.54, 1.807) is 6.07 Å². The van der Waals surface area contributed by atoms with Crippen LogP contribution in [0.3, 0.4) is 0 Å². The van der Waals surface area contributed by atoms with Gasteiger partial charge < -0.3 is 19.7 Å². The van der Waals surface area contributed by atoms with E-state index in [1.807, 2.05) is 84.9 Å². The molecule has 0 aliphatic heterocycles. The summed E-state index contributed by atoms with van der Waals surface area (Å²) in [5.41, 5.74) is 1.59. The fraction of sp³-hybridized carbons (Fsp3) is 0.154. The zero-order valence-electron chi connectivity index (χ0n) is 16.8. The van der Waals surface area contributed by atoms with E-state index in [0.717, 1.165) is 21.9 Å². The van der Waals surface area contributed by atoms with Crippen molar-refractivity contribution in [1.29, 1.82) is 0 Å². The number of hydrogen-bond donors (Lipinski definition) is 2. The monoisotopic (exact) mass is 434 g/mol. The Balaban J connectivity index is 1.47. The highest BCUT2D eigenvalue weighted by Gasteiger charge is 2.14. The van der Waals surface area contributed by atoms with Crippen LogP contribution in [-0.2, 0) is 0 Å². The first-order chi connectivity index (χ1) is 15.1. The van der Waals surface area contributed by atoms with Crippen molar-refractivity contribution in [1.82, 2.24) is 0 Å². The van der Waals surface area contributed by atoms with Gasteiger partial charge in [-0.05, 0) is 40.8 Å². The topological polar surface area (TPSA) is 58.9 Å². The summed E-state index contributed by atoms with van der Waals surface area (Å²) in [6.07, 6.45) is -1.46. The summed E-state index contributed by atoms with van der Waals surface area (Å²) in [7, 11) is 0. The number of halogens is 1. The number of aliphatic hydroxyl groups is 2. The first-order valence-electron chi connectivity index (χ1n) is 10.1. The molecule has 5 heteroatoms. The summed E-state index contributed by atoms with van der Waals surface area (Å²) in [5, 5.41) is 22.9. The number of benzene rings is 4. The van der Waals surface area contributed by atoms with Crippen molar-refractivity contribution in [2.45, 2.75) is 12.2 Å². The van der Waals surface area contributed by atoms with E-state index in [2.05, 4.69) is 0 Å². The molecule has 0 heterocycles. The summed E-state index contributed by atoms with van der Waals surface area (Å²) >= 11 is 6.37. The second kappa shape index (κ2) is 9.84. The maximum absolute atomic E-state index is 10.4. The molecule has 0 saturated heterocycles. The average molecular weight is 435 g/mol. The van der Waals surface area contributed by atoms with Gasteiger partial charge >= 0.3 is 0 Å². The van der Waals surface area contributed by atoms with Crippen molar-refractivity contribution < 1.29 is 19.7 Å². The summed E-state index contributed by atoms with van der Waals surface area (Å²) in [4.78, 5) is 0. The Morgan fingerprint density at radius 3 is 1.87 bits per heavy atom. The van der Waals surface area contributed by atoms with Crippen molar-refractivity contribution in [3.05, 3.63) is 107 Å². The summed E-state index contributed by atoms with van der Waals surface area (Å²) in [6, 6.07) is 28.0. The number of aliphatic hydroxyl groups excluding tert-OH is 2. The summed E-state index contributed by atoms with van der Waals surface area (Å²) in [6.45, 7) is 0.236. The van der Waals surface area contributed by atoms with E-state index < -0.39 is 12.2 Å². The molecule has 31 heavy (non-hydrogen) atoms. The lowest BCUT2D eigenvalue weighted by molar-refractivity contribution is 0.108. The van der Waals surface area contributed by atoms with Gasteiger partial charge in [0.15, 0.2) is 0 Å². The Hall–Kier alpha value is -3.05. The van der Waals surface area contributed by atoms with Gasteiger partial charge in [-0.3, -0.25) is 0 Å². The Morgan fingerprint density at radius 1 is 0.677 bits per heavy atom. The van der Waals surface area contributed by atoms with E-state index in [0.29, 0.717) is 16.5 Å². The number of fused-ring (bicyclic) bond motifs is 1. The second-order valence-corrected chi connectivity index (χ2v) is 7.64. The molecule has 0 radical (unpaired) electrons. The molecule has 0 aromatic heterocycles. The lowest BCUT2D eigenvalue weighted by atomic mass is 10.1. The van der Waals surface area contributed by atoms with Crippen molar-refractivity contribution in [3.8, 4) is 11.5 Å². The van der Waals surface area contributed by atoms with Crippen LogP contribution in [-0.4, -0.2) is 23.4 Å². The van der Waals surface area contributed by atoms with Crippen LogP contribution in [0.4, 0.5) is 0 Å². The highest BCUT2D eigenvalue weighted by molar-refractivity contribution is 6.33. The lowest BCUT2D eigenvalue weighted by Gasteiger charge is -2.16. The van der Waals surface area contributed by atoms with Gasteiger partial charge in [0.1, 0.15) is 36.9 Å². The maximum Gasteiger partial charge on any atom is 0.145 e. The van der Waals surface area contributed by atoms with Crippen LogP contribution < -0.4 is 9.47 Å². The zero-order chi connectivity index (χ0) is 21.6. The predicted octanol–water partition coefficient (Wildman–Crippen LogP) is 5.72. The minimum atomic E-state index is -0.755. The molecular weight excluding hydrogens is 412 g/mol. The molecule has 0 fully saturated rings. The van der Waals surface area contributed by atoms with Crippen LogP contribution in [0.5, 0.6) is 11.5 Å². The van der Waals surface area contributed by atoms with Gasteiger partial charge in [0, 0.05) is 5.39 Å². The molecule has 2 atom stereocenters. The van der Waals surface area contributed by atoms with Gasteiger partial charge in [0.25, 0.3) is 0 Å². The fourth-order valence-corrected chi connectivity index (χ4v) is 3.59. The molecule has 158 valence electrons. The largest absolute Gasteiger partial charge is 0.491 e. The Kier molecular flexibility index (Phi) is 6.73. The van der Waals surface area contributed by atoms with Crippen LogP contribution in [0.25, 0.3) is 10.8 Å². The van der Waals surface area contributed by atoms with Crippen molar-refractivity contribution in [2.75, 3.05) is 13.2 Å². The number of hydrogen-bond acceptors (Lipinski definition) is 4. The first kappa shape index (κ1) is 21.2. The normalized spacial score (nSPS) is 13.0. The van der Waals surface area contributed by atoms with Crippen LogP contribution >= 0.6 is 11.6 Å². The smallest absolute Gasteiger partial charge is 0.145 e. The van der Waals surface area contributed by atoms with Crippen molar-refractivity contribution in [3.63, 3.8) is 0 Å². The van der Waals surface area contributed by atoms with Crippen molar-refractivity contribution in [2.24, 2.45) is 0 Å². The third kappa shape index (κ3) is 5.17. The van der Waals surface area contributed by atoms with Gasteiger partial charge in [-0.2, -0.15) is 0 Å². The van der Waals surface area contributed by atoms with Crippen LogP contribution in [0.15, 0.2) is 91.0 Å². The van der Waals surface area contributed by atoms with Gasteiger partial charge in [-0.25, -0.2) is 0 Å². The standard InChI is InChI=1S/C26H23ClO4/c27-23-14-11-20-15-21(30-16-24(28)18-7-3-1-4-8-18)12-13-22(20)26(23)31-17-25(29)19-9-5-2-6-10-19/h1-15,24-25,28-29H,16-17H2. The summed E-state index contributed by atoms with van der Waals surface area (Å²) in [5.74, 6) is 1.16. The first-order valence-corrected chi connectivity index (χ1v) is 10.4. The third-order valence-corrected chi connectivity index (χ3v) is 5.35. The predicted molar refractivity (Wildman–Crippen MR) is 123 cm³/mol. The lowest BCUT2D eigenvalue weighted by Crippen LogP contribution is -2.10. The third-order valence-electron chi connectivity index (χ3n) is 5.06. The molecule has 0 spiro atoms. The van der Waals surface area contributed by atoms with E-state index in [1.165, 1.54) is 0 Å². The molecule has 0 saturated carbocycles. The van der Waals surface area contributed by atoms with Crippen LogP contribution in [0, 0.1) is 0 Å². The minimum absolute atomic E-state index is 0.0877. The van der Waals surface area contributed by atoms with Gasteiger partial charge in [-0.1, -0.05) is 78.3 Å². The number of rotatable bonds is 8. The minimum Gasteiger partial charge on any atom is -0.491 e. The SMILES string of the molecule is OC(COc1ccc2c(OCC(O)c3ccccc3)c(Cl)ccc2c1)c1ccccc1. The fourth-order valence-electron chi connectivity index (χ4n) is 3.37. The molecule has 4 aromatic carbocycles. The number of ether oxygens (including phenoxy) is 2. The van der Waals surface area contributed by atoms with E-state index in [4.69, 9.17) is 21.1 Å². The Labute approximate surface area is 186 Å². The molecule has 0 amide bonds. The average Bonchev–Trinajstić information content (AvgIpc) is 2.82. The van der Waals surface area contributed by atoms with Crippen molar-refractivity contribution >= 4 is 22.4 Å². The molecule has 0 aliphatic rings.